The number of para-hydroxylation sites is 2. The summed E-state index contributed by atoms with van der Waals surface area (Å²) in [4.78, 5) is 2.88. The van der Waals surface area contributed by atoms with E-state index in [4.69, 9.17) is 0 Å². The summed E-state index contributed by atoms with van der Waals surface area (Å²) in [7, 11) is 0. The van der Waals surface area contributed by atoms with Crippen molar-refractivity contribution in [2.75, 3.05) is 0 Å². The summed E-state index contributed by atoms with van der Waals surface area (Å²) < 4.78 is 0. The van der Waals surface area contributed by atoms with Crippen LogP contribution in [0.4, 0.5) is 0 Å². The van der Waals surface area contributed by atoms with Crippen LogP contribution in [0.2, 0.25) is 0 Å². The summed E-state index contributed by atoms with van der Waals surface area (Å²) in [5.74, 6) is 0.0936. The molecule has 0 atom stereocenters. The van der Waals surface area contributed by atoms with E-state index in [0.717, 1.165) is 22.1 Å². The summed E-state index contributed by atoms with van der Waals surface area (Å²) in [6, 6.07) is 26.0. The smallest absolute Gasteiger partial charge is 0.147 e. The molecule has 10 heteroatoms. The number of fused-ring (bicyclic) bond motifs is 2. The molecular formula is C35H46I2N6O2. The molecular weight excluding hydrogens is 790 g/mol. The van der Waals surface area contributed by atoms with Gasteiger partial charge in [0.1, 0.15) is 44.9 Å². The number of aromatic hydroxyl groups is 2. The van der Waals surface area contributed by atoms with E-state index in [2.05, 4.69) is 57.6 Å². The Morgan fingerprint density at radius 1 is 0.467 bits per heavy atom. The third kappa shape index (κ3) is 8.93. The van der Waals surface area contributed by atoms with Gasteiger partial charge in [0.15, 0.2) is 0 Å². The second kappa shape index (κ2) is 20.0. The normalized spacial score (nSPS) is 9.96. The lowest BCUT2D eigenvalue weighted by Crippen LogP contribution is -2.20. The molecule has 0 aliphatic heterocycles. The van der Waals surface area contributed by atoms with Crippen molar-refractivity contribution >= 4 is 59.3 Å². The topological polar surface area (TPSA) is 102 Å². The van der Waals surface area contributed by atoms with Gasteiger partial charge in [0.05, 0.1) is 0 Å². The molecule has 2 N–H and O–H groups in total. The quantitative estimate of drug-likeness (QED) is 0.172. The number of phenols is 2. The van der Waals surface area contributed by atoms with Crippen LogP contribution in [-0.4, -0.2) is 40.2 Å². The number of hydrogen-bond donors (Lipinski definition) is 2. The molecule has 0 aliphatic carbocycles. The molecule has 6 rings (SSSR count). The highest BCUT2D eigenvalue weighted by molar-refractivity contribution is 15.0. The maximum absolute atomic E-state index is 11.3. The number of benzene rings is 4. The minimum atomic E-state index is -0.765. The van der Waals surface area contributed by atoms with Crippen molar-refractivity contribution in [2.24, 2.45) is 0 Å². The first-order valence-electron chi connectivity index (χ1n) is 15.4. The lowest BCUT2D eigenvalue weighted by atomic mass is 9.77. The largest absolute Gasteiger partial charge is 0.505 e. The minimum absolute atomic E-state index is 0.0468. The van der Waals surface area contributed by atoms with Crippen molar-refractivity contribution in [2.45, 2.75) is 74.7 Å². The van der Waals surface area contributed by atoms with E-state index < -0.39 is 5.41 Å². The van der Waals surface area contributed by atoms with Crippen LogP contribution >= 0.6 is 37.2 Å². The van der Waals surface area contributed by atoms with Crippen molar-refractivity contribution in [1.82, 2.24) is 30.0 Å². The Labute approximate surface area is 291 Å². The van der Waals surface area contributed by atoms with Crippen molar-refractivity contribution in [1.29, 1.82) is 0 Å². The van der Waals surface area contributed by atoms with Gasteiger partial charge in [-0.15, -0.1) is 30.0 Å². The molecule has 0 bridgehead atoms. The fourth-order valence-electron chi connectivity index (χ4n) is 4.47. The molecule has 0 amide bonds. The lowest BCUT2D eigenvalue weighted by molar-refractivity contribution is 0.429. The Balaban J connectivity index is 0.000000926. The molecule has 2 heterocycles. The Kier molecular flexibility index (Phi) is 17.7. The lowest BCUT2D eigenvalue weighted by Gasteiger charge is -2.28. The number of halogens is 2. The second-order valence-corrected chi connectivity index (χ2v) is 8.93. The predicted molar refractivity (Wildman–Crippen MR) is 207 cm³/mol. The van der Waals surface area contributed by atoms with Gasteiger partial charge in [-0.25, -0.2) is 0 Å². The van der Waals surface area contributed by atoms with E-state index >= 15 is 0 Å². The zero-order valence-corrected chi connectivity index (χ0v) is 32.2. The first-order valence-corrected chi connectivity index (χ1v) is 21.7. The van der Waals surface area contributed by atoms with Crippen molar-refractivity contribution in [3.05, 3.63) is 96.1 Å². The Hall–Kier alpha value is -3.26. The molecule has 0 spiro atoms. The van der Waals surface area contributed by atoms with Crippen molar-refractivity contribution < 1.29 is 10.2 Å². The third-order valence-corrected chi connectivity index (χ3v) is 6.38. The SMILES string of the molecule is CC.CC.CC.CC.CC(C)(c1cccc(-n2nc3ccccc3n2)c1O)c1cccc(-n2nc3ccccc3n2)c1O.II. The van der Waals surface area contributed by atoms with Crippen molar-refractivity contribution in [3.63, 3.8) is 0 Å². The fraction of sp³-hybridized carbons (Fsp3) is 0.314. The molecule has 0 saturated carbocycles. The highest BCUT2D eigenvalue weighted by Gasteiger charge is 2.32. The molecule has 0 aliphatic rings. The average Bonchev–Trinajstić information content (AvgIpc) is 3.74. The molecule has 0 fully saturated rings. The van der Waals surface area contributed by atoms with Crippen molar-refractivity contribution in [3.8, 4) is 22.9 Å². The van der Waals surface area contributed by atoms with Gasteiger partial charge >= 0.3 is 0 Å². The molecule has 45 heavy (non-hydrogen) atoms. The first-order chi connectivity index (χ1) is 21.9. The number of hydrogen-bond acceptors (Lipinski definition) is 6. The summed E-state index contributed by atoms with van der Waals surface area (Å²) in [5.41, 5.74) is 4.36. The van der Waals surface area contributed by atoms with E-state index in [1.54, 1.807) is 12.1 Å². The maximum Gasteiger partial charge on any atom is 0.147 e. The van der Waals surface area contributed by atoms with Gasteiger partial charge in [-0.05, 0) is 36.4 Å². The highest BCUT2D eigenvalue weighted by atomic mass is 128. The Morgan fingerprint density at radius 2 is 0.733 bits per heavy atom. The van der Waals surface area contributed by atoms with Gasteiger partial charge < -0.3 is 10.2 Å². The van der Waals surface area contributed by atoms with Crippen LogP contribution in [0, 0.1) is 0 Å². The third-order valence-electron chi connectivity index (χ3n) is 6.38. The molecule has 0 radical (unpaired) electrons. The van der Waals surface area contributed by atoms with Gasteiger partial charge in [-0.2, -0.15) is 0 Å². The zero-order chi connectivity index (χ0) is 34.2. The van der Waals surface area contributed by atoms with Crippen LogP contribution < -0.4 is 0 Å². The molecule has 4 aromatic carbocycles. The van der Waals surface area contributed by atoms with Gasteiger partial charge in [-0.1, -0.05) is 118 Å². The summed E-state index contributed by atoms with van der Waals surface area (Å²) in [5, 5.41) is 40.7. The number of phenolic OH excluding ortho intramolecular Hbond substituents is 2. The summed E-state index contributed by atoms with van der Waals surface area (Å²) in [6.45, 7) is 19.9. The molecule has 242 valence electrons. The van der Waals surface area contributed by atoms with Gasteiger partial charge in [-0.3, -0.25) is 0 Å². The molecule has 0 unspecified atom stereocenters. The minimum Gasteiger partial charge on any atom is -0.505 e. The fourth-order valence-corrected chi connectivity index (χ4v) is 4.47. The summed E-state index contributed by atoms with van der Waals surface area (Å²) >= 11 is 4.24. The number of rotatable bonds is 4. The van der Waals surface area contributed by atoms with Gasteiger partial charge in [0.2, 0.25) is 0 Å². The second-order valence-electron chi connectivity index (χ2n) is 8.93. The van der Waals surface area contributed by atoms with E-state index in [1.165, 1.54) is 9.59 Å². The van der Waals surface area contributed by atoms with Gasteiger partial charge in [0.25, 0.3) is 0 Å². The maximum atomic E-state index is 11.3. The van der Waals surface area contributed by atoms with Crippen LogP contribution in [0.3, 0.4) is 0 Å². The number of nitrogens with zero attached hydrogens (tertiary/aromatic N) is 6. The van der Waals surface area contributed by atoms with Crippen LogP contribution in [-0.2, 0) is 5.41 Å². The standard InChI is InChI=1S/C27H22N6O2.4C2H6.I2/c1-27(2,17-9-7-15-23(25(17)34)32-28-19-11-3-4-12-20(19)29-32)18-10-8-16-24(26(18)35)33-30-21-13-5-6-14-22(21)31-33;5*1-2/h3-16,34-35H,1-2H3;4*1-2H3;. The van der Waals surface area contributed by atoms with Crippen LogP contribution in [0.1, 0.15) is 80.4 Å². The van der Waals surface area contributed by atoms with E-state index in [9.17, 15) is 10.2 Å². The average molecular weight is 837 g/mol. The van der Waals surface area contributed by atoms with Crippen LogP contribution in [0.5, 0.6) is 11.5 Å². The van der Waals surface area contributed by atoms with Gasteiger partial charge in [0, 0.05) is 53.8 Å². The predicted octanol–water partition coefficient (Wildman–Crippen LogP) is 10.8. The monoisotopic (exact) mass is 836 g/mol. The Morgan fingerprint density at radius 3 is 1.00 bits per heavy atom. The van der Waals surface area contributed by atoms with Crippen LogP contribution in [0.15, 0.2) is 84.9 Å². The Bertz CT molecular complexity index is 1540. The molecule has 2 aromatic heterocycles. The number of aromatic nitrogens is 6. The molecule has 0 saturated heterocycles. The van der Waals surface area contributed by atoms with Crippen LogP contribution in [0.25, 0.3) is 33.4 Å². The van der Waals surface area contributed by atoms with E-state index in [0.29, 0.717) is 22.5 Å². The van der Waals surface area contributed by atoms with E-state index in [-0.39, 0.29) is 11.5 Å². The van der Waals surface area contributed by atoms with E-state index in [1.807, 2.05) is 142 Å². The summed E-state index contributed by atoms with van der Waals surface area (Å²) in [6.07, 6.45) is 0. The molecule has 8 nitrogen and oxygen atoms in total. The first kappa shape index (κ1) is 39.8. The zero-order valence-electron chi connectivity index (χ0n) is 27.9. The highest BCUT2D eigenvalue weighted by Crippen LogP contribution is 2.44. The molecule has 6 aromatic rings.